The molecular weight excluding hydrogens is 362 g/mol. The summed E-state index contributed by atoms with van der Waals surface area (Å²) in [6, 6.07) is 10.0. The Labute approximate surface area is 155 Å². The van der Waals surface area contributed by atoms with Crippen LogP contribution in [0.25, 0.3) is 0 Å². The van der Waals surface area contributed by atoms with Crippen LogP contribution in [0.4, 0.5) is 5.69 Å². The van der Waals surface area contributed by atoms with Gasteiger partial charge >= 0.3 is 0 Å². The van der Waals surface area contributed by atoms with Crippen molar-refractivity contribution >= 4 is 33.2 Å². The van der Waals surface area contributed by atoms with E-state index in [0.29, 0.717) is 57.9 Å². The van der Waals surface area contributed by atoms with Gasteiger partial charge in [-0.15, -0.1) is 11.6 Å². The van der Waals surface area contributed by atoms with Gasteiger partial charge in [-0.3, -0.25) is 4.79 Å². The van der Waals surface area contributed by atoms with Crippen molar-refractivity contribution in [1.29, 1.82) is 0 Å². The second kappa shape index (κ2) is 9.99. The summed E-state index contributed by atoms with van der Waals surface area (Å²) in [5, 5.41) is 2.73. The zero-order valence-electron chi connectivity index (χ0n) is 14.4. The zero-order valence-corrected chi connectivity index (χ0v) is 15.9. The Hall–Kier alpha value is -1.31. The van der Waals surface area contributed by atoms with Gasteiger partial charge in [0, 0.05) is 50.7 Å². The average molecular weight is 388 g/mol. The summed E-state index contributed by atoms with van der Waals surface area (Å²) in [5.74, 6) is 0.444. The van der Waals surface area contributed by atoms with E-state index in [-0.39, 0.29) is 11.7 Å². The van der Waals surface area contributed by atoms with E-state index in [1.807, 2.05) is 30.3 Å². The van der Waals surface area contributed by atoms with Crippen LogP contribution in [0.1, 0.15) is 19.3 Å². The maximum absolute atomic E-state index is 12.4. The van der Waals surface area contributed by atoms with E-state index >= 15 is 0 Å². The molecule has 140 valence electrons. The number of benzene rings is 1. The largest absolute Gasteiger partial charge is 0.369 e. The molecule has 0 saturated carbocycles. The highest BCUT2D eigenvalue weighted by atomic mass is 35.5. The number of halogens is 1. The third-order valence-electron chi connectivity index (χ3n) is 4.19. The molecule has 0 bridgehead atoms. The van der Waals surface area contributed by atoms with Crippen LogP contribution in [0, 0.1) is 0 Å². The number of hydrogen-bond donors (Lipinski definition) is 1. The first-order valence-electron chi connectivity index (χ1n) is 8.63. The Bertz CT molecular complexity index is 632. The molecule has 25 heavy (non-hydrogen) atoms. The predicted octanol–water partition coefficient (Wildman–Crippen LogP) is 1.66. The fourth-order valence-corrected chi connectivity index (χ4v) is 4.41. The molecule has 0 radical (unpaired) electrons. The monoisotopic (exact) mass is 387 g/mol. The van der Waals surface area contributed by atoms with Crippen LogP contribution < -0.4 is 10.2 Å². The molecule has 8 heteroatoms. The Kier molecular flexibility index (Phi) is 7.99. The predicted molar refractivity (Wildman–Crippen MR) is 102 cm³/mol. The number of nitrogens with zero attached hydrogens (tertiary/aromatic N) is 2. The minimum Gasteiger partial charge on any atom is -0.369 e. The van der Waals surface area contributed by atoms with Gasteiger partial charge in [0.15, 0.2) is 0 Å². The van der Waals surface area contributed by atoms with Crippen molar-refractivity contribution < 1.29 is 13.2 Å². The smallest absolute Gasteiger partial charge is 0.220 e. The number of rotatable bonds is 9. The maximum Gasteiger partial charge on any atom is 0.220 e. The summed E-state index contributed by atoms with van der Waals surface area (Å²) in [6.07, 6.45) is 1.45. The van der Waals surface area contributed by atoms with Crippen molar-refractivity contribution in [3.63, 3.8) is 0 Å². The minimum absolute atomic E-state index is 0.0636. The second-order valence-electron chi connectivity index (χ2n) is 6.03. The van der Waals surface area contributed by atoms with E-state index in [9.17, 15) is 13.2 Å². The third-order valence-corrected chi connectivity index (χ3v) is 6.42. The molecule has 1 amide bonds. The number of hydrogen-bond acceptors (Lipinski definition) is 4. The lowest BCUT2D eigenvalue weighted by molar-refractivity contribution is -0.121. The first-order valence-corrected chi connectivity index (χ1v) is 10.8. The summed E-state index contributed by atoms with van der Waals surface area (Å²) in [7, 11) is -3.27. The van der Waals surface area contributed by atoms with Crippen molar-refractivity contribution in [3.8, 4) is 0 Å². The summed E-state index contributed by atoms with van der Waals surface area (Å²) < 4.78 is 26.4. The zero-order chi connectivity index (χ0) is 18.1. The van der Waals surface area contributed by atoms with Crippen molar-refractivity contribution in [2.24, 2.45) is 0 Å². The lowest BCUT2D eigenvalue weighted by Gasteiger charge is -2.35. The van der Waals surface area contributed by atoms with E-state index in [1.165, 1.54) is 0 Å². The van der Waals surface area contributed by atoms with Gasteiger partial charge in [-0.2, -0.15) is 4.31 Å². The number of amides is 1. The molecular formula is C17H26ClN3O3S. The third kappa shape index (κ3) is 6.49. The van der Waals surface area contributed by atoms with E-state index in [1.54, 1.807) is 4.31 Å². The molecule has 1 aromatic carbocycles. The number of para-hydroxylation sites is 1. The van der Waals surface area contributed by atoms with Crippen LogP contribution >= 0.6 is 11.6 Å². The fraction of sp³-hybridized carbons (Fsp3) is 0.588. The van der Waals surface area contributed by atoms with Gasteiger partial charge in [0.25, 0.3) is 0 Å². The summed E-state index contributed by atoms with van der Waals surface area (Å²) >= 11 is 5.53. The van der Waals surface area contributed by atoms with Crippen LogP contribution in [0.5, 0.6) is 0 Å². The van der Waals surface area contributed by atoms with Crippen LogP contribution in [-0.4, -0.2) is 63.0 Å². The number of anilines is 1. The molecule has 1 aliphatic heterocycles. The van der Waals surface area contributed by atoms with E-state index in [0.717, 1.165) is 5.69 Å². The number of piperazine rings is 1. The summed E-state index contributed by atoms with van der Waals surface area (Å²) in [5.41, 5.74) is 1.12. The Balaban J connectivity index is 1.71. The Morgan fingerprint density at radius 2 is 1.76 bits per heavy atom. The van der Waals surface area contributed by atoms with Crippen LogP contribution in [0.15, 0.2) is 30.3 Å². The topological polar surface area (TPSA) is 69.7 Å². The van der Waals surface area contributed by atoms with Gasteiger partial charge in [0.1, 0.15) is 0 Å². The Morgan fingerprint density at radius 1 is 1.08 bits per heavy atom. The van der Waals surface area contributed by atoms with Gasteiger partial charge in [0.05, 0.1) is 5.75 Å². The molecule has 1 N–H and O–H groups in total. The van der Waals surface area contributed by atoms with Crippen molar-refractivity contribution in [2.45, 2.75) is 19.3 Å². The first-order chi connectivity index (χ1) is 12.0. The molecule has 0 unspecified atom stereocenters. The van der Waals surface area contributed by atoms with Crippen molar-refractivity contribution in [3.05, 3.63) is 30.3 Å². The first kappa shape index (κ1) is 20.0. The number of sulfonamides is 1. The molecule has 0 aliphatic carbocycles. The van der Waals surface area contributed by atoms with Crippen LogP contribution in [-0.2, 0) is 14.8 Å². The standard InChI is InChI=1S/C17H26ClN3O3S/c18-9-4-8-17(22)19-10-5-15-25(23,24)21-13-11-20(12-14-21)16-6-2-1-3-7-16/h1-3,6-7H,4-5,8-15H2,(H,19,22). The van der Waals surface area contributed by atoms with Crippen molar-refractivity contribution in [1.82, 2.24) is 9.62 Å². The molecule has 1 heterocycles. The number of alkyl halides is 1. The van der Waals surface area contributed by atoms with Crippen LogP contribution in [0.2, 0.25) is 0 Å². The quantitative estimate of drug-likeness (QED) is 0.517. The lowest BCUT2D eigenvalue weighted by Crippen LogP contribution is -2.49. The number of carbonyl (C=O) groups excluding carboxylic acids is 1. The molecule has 0 atom stereocenters. The minimum atomic E-state index is -3.27. The summed E-state index contributed by atoms with van der Waals surface area (Å²) in [4.78, 5) is 13.7. The molecule has 1 saturated heterocycles. The lowest BCUT2D eigenvalue weighted by atomic mass is 10.2. The van der Waals surface area contributed by atoms with Crippen LogP contribution in [0.3, 0.4) is 0 Å². The van der Waals surface area contributed by atoms with E-state index in [2.05, 4.69) is 10.2 Å². The molecule has 0 spiro atoms. The van der Waals surface area contributed by atoms with Gasteiger partial charge in [0.2, 0.25) is 15.9 Å². The molecule has 0 aromatic heterocycles. The second-order valence-corrected chi connectivity index (χ2v) is 8.50. The molecule has 1 aromatic rings. The van der Waals surface area contributed by atoms with E-state index in [4.69, 9.17) is 11.6 Å². The molecule has 1 fully saturated rings. The maximum atomic E-state index is 12.4. The van der Waals surface area contributed by atoms with Gasteiger partial charge in [-0.1, -0.05) is 18.2 Å². The van der Waals surface area contributed by atoms with Crippen molar-refractivity contribution in [2.75, 3.05) is 49.3 Å². The average Bonchev–Trinajstić information content (AvgIpc) is 2.64. The fourth-order valence-electron chi connectivity index (χ4n) is 2.79. The highest BCUT2D eigenvalue weighted by molar-refractivity contribution is 7.89. The highest BCUT2D eigenvalue weighted by Gasteiger charge is 2.26. The van der Waals surface area contributed by atoms with Gasteiger partial charge in [-0.25, -0.2) is 8.42 Å². The van der Waals surface area contributed by atoms with Gasteiger partial charge < -0.3 is 10.2 Å². The normalized spacial score (nSPS) is 16.0. The highest BCUT2D eigenvalue weighted by Crippen LogP contribution is 2.17. The number of carbonyl (C=O) groups is 1. The molecule has 6 nitrogen and oxygen atoms in total. The summed E-state index contributed by atoms with van der Waals surface area (Å²) in [6.45, 7) is 2.76. The molecule has 1 aliphatic rings. The SMILES string of the molecule is O=C(CCCCl)NCCCS(=O)(=O)N1CCN(c2ccccc2)CC1. The van der Waals surface area contributed by atoms with E-state index < -0.39 is 10.0 Å². The Morgan fingerprint density at radius 3 is 2.40 bits per heavy atom. The van der Waals surface area contributed by atoms with Gasteiger partial charge in [-0.05, 0) is 25.0 Å². The molecule has 2 rings (SSSR count). The number of nitrogens with one attached hydrogen (secondary N) is 1.